The molecule has 1 aromatic heterocycles. The number of aromatic amines is 1. The number of H-pyrrole nitrogens is 1. The van der Waals surface area contributed by atoms with E-state index in [9.17, 15) is 0 Å². The molecule has 1 heterocycles. The van der Waals surface area contributed by atoms with Crippen LogP contribution in [0.5, 0.6) is 0 Å². The average molecular weight is 209 g/mol. The Morgan fingerprint density at radius 1 is 1.58 bits per heavy atom. The Morgan fingerprint density at radius 2 is 2.25 bits per heavy atom. The Kier molecular flexibility index (Phi) is 5.34. The molecular weight excluding hydrogens is 195 g/mol. The topological polar surface area (TPSA) is 28.7 Å². The quantitative estimate of drug-likeness (QED) is 0.762. The third kappa shape index (κ3) is 2.68. The van der Waals surface area contributed by atoms with Crippen LogP contribution in [-0.4, -0.2) is 15.8 Å². The number of hydrogen-bond acceptors (Lipinski definition) is 1. The van der Waals surface area contributed by atoms with Crippen molar-refractivity contribution >= 4 is 24.0 Å². The van der Waals surface area contributed by atoms with Crippen molar-refractivity contribution < 1.29 is 0 Å². The van der Waals surface area contributed by atoms with Crippen LogP contribution in [-0.2, 0) is 0 Å². The third-order valence-electron chi connectivity index (χ3n) is 1.89. The van der Waals surface area contributed by atoms with Gasteiger partial charge in [-0.2, -0.15) is 0 Å². The van der Waals surface area contributed by atoms with Crippen molar-refractivity contribution in [3.63, 3.8) is 0 Å². The second-order valence-corrected chi connectivity index (χ2v) is 3.32. The Hall–Kier alpha value is -0.210. The molecule has 0 aliphatic heterocycles. The number of nitrogens with zero attached hydrogens (tertiary/aromatic N) is 1. The second kappa shape index (κ2) is 5.44. The smallest absolute Gasteiger partial charge is 0.0921 e. The van der Waals surface area contributed by atoms with E-state index in [1.807, 2.05) is 6.20 Å². The predicted octanol–water partition coefficient (Wildman–Crippen LogP) is 2.81. The molecule has 1 N–H and O–H groups in total. The summed E-state index contributed by atoms with van der Waals surface area (Å²) in [4.78, 5) is 7.03. The van der Waals surface area contributed by atoms with Crippen LogP contribution in [0.25, 0.3) is 0 Å². The lowest BCUT2D eigenvalue weighted by atomic mass is 9.95. The molecule has 12 heavy (non-hydrogen) atoms. The summed E-state index contributed by atoms with van der Waals surface area (Å²) >= 11 is 5.81. The van der Waals surface area contributed by atoms with Gasteiger partial charge in [-0.05, 0) is 5.92 Å². The number of nitrogens with one attached hydrogen (secondary N) is 1. The van der Waals surface area contributed by atoms with Crippen LogP contribution in [0.4, 0.5) is 0 Å². The zero-order valence-electron chi connectivity index (χ0n) is 7.25. The van der Waals surface area contributed by atoms with Gasteiger partial charge in [0.1, 0.15) is 0 Å². The van der Waals surface area contributed by atoms with E-state index in [0.29, 0.717) is 17.7 Å². The lowest BCUT2D eigenvalue weighted by Crippen LogP contribution is -2.08. The summed E-state index contributed by atoms with van der Waals surface area (Å²) in [6.07, 6.45) is 3.53. The molecule has 0 fully saturated rings. The van der Waals surface area contributed by atoms with Gasteiger partial charge in [0.15, 0.2) is 0 Å². The minimum absolute atomic E-state index is 0. The van der Waals surface area contributed by atoms with Gasteiger partial charge in [0, 0.05) is 23.7 Å². The van der Waals surface area contributed by atoms with E-state index in [1.54, 1.807) is 6.33 Å². The van der Waals surface area contributed by atoms with Gasteiger partial charge in [-0.15, -0.1) is 24.0 Å². The van der Waals surface area contributed by atoms with Crippen molar-refractivity contribution in [2.24, 2.45) is 5.92 Å². The van der Waals surface area contributed by atoms with Gasteiger partial charge in [-0.25, -0.2) is 4.98 Å². The summed E-state index contributed by atoms with van der Waals surface area (Å²) in [7, 11) is 0. The molecule has 0 aliphatic rings. The Bertz CT molecular complexity index is 197. The first kappa shape index (κ1) is 11.8. The fourth-order valence-corrected chi connectivity index (χ4v) is 1.61. The minimum Gasteiger partial charge on any atom is -0.348 e. The first-order chi connectivity index (χ1) is 5.25. The highest BCUT2D eigenvalue weighted by Crippen LogP contribution is 2.22. The summed E-state index contributed by atoms with van der Waals surface area (Å²) in [5, 5.41) is 0. The van der Waals surface area contributed by atoms with Crippen LogP contribution in [0.3, 0.4) is 0 Å². The molecule has 0 aromatic carbocycles. The fourth-order valence-electron chi connectivity index (χ4n) is 1.09. The molecule has 0 aliphatic carbocycles. The molecule has 70 valence electrons. The maximum absolute atomic E-state index is 5.81. The molecular formula is C8H14Cl2N2. The Labute approximate surface area is 84.1 Å². The first-order valence-corrected chi connectivity index (χ1v) is 4.33. The molecule has 2 nitrogen and oxygen atoms in total. The van der Waals surface area contributed by atoms with E-state index in [2.05, 4.69) is 23.8 Å². The lowest BCUT2D eigenvalue weighted by molar-refractivity contribution is 0.530. The maximum Gasteiger partial charge on any atom is 0.0921 e. The van der Waals surface area contributed by atoms with Crippen LogP contribution in [0, 0.1) is 5.92 Å². The van der Waals surface area contributed by atoms with Gasteiger partial charge >= 0.3 is 0 Å². The molecule has 1 aromatic rings. The van der Waals surface area contributed by atoms with Crippen molar-refractivity contribution in [2.45, 2.75) is 19.8 Å². The van der Waals surface area contributed by atoms with Crippen LogP contribution < -0.4 is 0 Å². The molecule has 0 amide bonds. The Morgan fingerprint density at radius 3 is 2.58 bits per heavy atom. The van der Waals surface area contributed by atoms with Gasteiger partial charge < -0.3 is 4.98 Å². The maximum atomic E-state index is 5.81. The van der Waals surface area contributed by atoms with E-state index in [1.165, 1.54) is 0 Å². The van der Waals surface area contributed by atoms with E-state index in [-0.39, 0.29) is 12.4 Å². The van der Waals surface area contributed by atoms with Crippen molar-refractivity contribution in [2.75, 3.05) is 5.88 Å². The highest BCUT2D eigenvalue weighted by atomic mass is 35.5. The summed E-state index contributed by atoms with van der Waals surface area (Å²) in [6, 6.07) is 0. The predicted molar refractivity (Wildman–Crippen MR) is 54.1 cm³/mol. The van der Waals surface area contributed by atoms with Gasteiger partial charge in [0.2, 0.25) is 0 Å². The monoisotopic (exact) mass is 208 g/mol. The fraction of sp³-hybridized carbons (Fsp3) is 0.625. The zero-order valence-corrected chi connectivity index (χ0v) is 8.82. The number of rotatable bonds is 3. The number of alkyl halides is 1. The normalized spacial score (nSPS) is 12.7. The highest BCUT2D eigenvalue weighted by Gasteiger charge is 2.15. The third-order valence-corrected chi connectivity index (χ3v) is 2.22. The average Bonchev–Trinajstić information content (AvgIpc) is 2.40. The molecule has 0 spiro atoms. The van der Waals surface area contributed by atoms with Gasteiger partial charge in [0.05, 0.1) is 6.33 Å². The lowest BCUT2D eigenvalue weighted by Gasteiger charge is -2.15. The van der Waals surface area contributed by atoms with Gasteiger partial charge in [0.25, 0.3) is 0 Å². The molecule has 0 saturated heterocycles. The van der Waals surface area contributed by atoms with Gasteiger partial charge in [-0.1, -0.05) is 13.8 Å². The van der Waals surface area contributed by atoms with Crippen LogP contribution in [0.2, 0.25) is 0 Å². The van der Waals surface area contributed by atoms with Crippen LogP contribution in [0.1, 0.15) is 25.5 Å². The molecule has 1 atom stereocenters. The SMILES string of the molecule is CC(C)C(CCl)c1cnc[nH]1.Cl. The van der Waals surface area contributed by atoms with E-state index in [0.717, 1.165) is 5.69 Å². The second-order valence-electron chi connectivity index (χ2n) is 3.01. The molecule has 4 heteroatoms. The Balaban J connectivity index is 0.00000121. The van der Waals surface area contributed by atoms with Crippen molar-refractivity contribution in [3.8, 4) is 0 Å². The molecule has 0 radical (unpaired) electrons. The number of aromatic nitrogens is 2. The van der Waals surface area contributed by atoms with E-state index in [4.69, 9.17) is 11.6 Å². The molecule has 1 rings (SSSR count). The number of halogens is 2. The first-order valence-electron chi connectivity index (χ1n) is 3.80. The summed E-state index contributed by atoms with van der Waals surface area (Å²) in [5.74, 6) is 1.62. The molecule has 1 unspecified atom stereocenters. The van der Waals surface area contributed by atoms with Crippen LogP contribution >= 0.6 is 24.0 Å². The van der Waals surface area contributed by atoms with E-state index >= 15 is 0 Å². The van der Waals surface area contributed by atoms with Crippen molar-refractivity contribution in [3.05, 3.63) is 18.2 Å². The summed E-state index contributed by atoms with van der Waals surface area (Å²) in [6.45, 7) is 4.32. The minimum atomic E-state index is 0. The van der Waals surface area contributed by atoms with Gasteiger partial charge in [-0.3, -0.25) is 0 Å². The number of hydrogen-bond donors (Lipinski definition) is 1. The zero-order chi connectivity index (χ0) is 8.27. The summed E-state index contributed by atoms with van der Waals surface area (Å²) < 4.78 is 0. The standard InChI is InChI=1S/C8H13ClN2.ClH/c1-6(2)7(3-9)8-4-10-5-11-8;/h4-7H,3H2,1-2H3,(H,10,11);1H. The largest absolute Gasteiger partial charge is 0.348 e. The highest BCUT2D eigenvalue weighted by molar-refractivity contribution is 6.18. The van der Waals surface area contributed by atoms with Crippen molar-refractivity contribution in [1.29, 1.82) is 0 Å². The molecule has 0 bridgehead atoms. The number of imidazole rings is 1. The van der Waals surface area contributed by atoms with Crippen LogP contribution in [0.15, 0.2) is 12.5 Å². The van der Waals surface area contributed by atoms with E-state index < -0.39 is 0 Å². The summed E-state index contributed by atoms with van der Waals surface area (Å²) in [5.41, 5.74) is 1.13. The van der Waals surface area contributed by atoms with Crippen molar-refractivity contribution in [1.82, 2.24) is 9.97 Å². The molecule has 0 saturated carbocycles.